The third kappa shape index (κ3) is 2.07. The Labute approximate surface area is 80.5 Å². The second-order valence-corrected chi connectivity index (χ2v) is 3.21. The number of rotatable bonds is 2. The van der Waals surface area contributed by atoms with Crippen molar-refractivity contribution in [3.8, 4) is 12.3 Å². The molecule has 0 bridgehead atoms. The fourth-order valence-corrected chi connectivity index (χ4v) is 1.11. The van der Waals surface area contributed by atoms with Crippen molar-refractivity contribution in [1.29, 1.82) is 0 Å². The zero-order valence-electron chi connectivity index (χ0n) is 6.71. The summed E-state index contributed by atoms with van der Waals surface area (Å²) in [5.74, 6) is 2.60. The predicted octanol–water partition coefficient (Wildman–Crippen LogP) is 1.74. The molecule has 1 heterocycles. The molecule has 12 heavy (non-hydrogen) atoms. The third-order valence-corrected chi connectivity index (χ3v) is 1.97. The number of hydrogen-bond acceptors (Lipinski definition) is 2. The first-order chi connectivity index (χ1) is 5.77. The Morgan fingerprint density at radius 2 is 2.42 bits per heavy atom. The molecule has 0 radical (unpaired) electrons. The van der Waals surface area contributed by atoms with Gasteiger partial charge in [0, 0.05) is 10.7 Å². The van der Waals surface area contributed by atoms with Gasteiger partial charge in [-0.3, -0.25) is 4.98 Å². The highest BCUT2D eigenvalue weighted by Crippen LogP contribution is 2.12. The van der Waals surface area contributed by atoms with Gasteiger partial charge in [0.05, 0.1) is 5.69 Å². The molecule has 0 aliphatic rings. The highest BCUT2D eigenvalue weighted by atomic mass is 79.9. The van der Waals surface area contributed by atoms with E-state index in [9.17, 15) is 0 Å². The van der Waals surface area contributed by atoms with Crippen molar-refractivity contribution in [2.45, 2.75) is 6.04 Å². The summed E-state index contributed by atoms with van der Waals surface area (Å²) in [6.07, 6.45) is 7.02. The van der Waals surface area contributed by atoms with Gasteiger partial charge in [-0.15, -0.1) is 6.42 Å². The van der Waals surface area contributed by atoms with Crippen LogP contribution in [0.25, 0.3) is 0 Å². The second-order valence-electron chi connectivity index (χ2n) is 2.29. The van der Waals surface area contributed by atoms with E-state index in [2.05, 4.69) is 32.2 Å². The maximum atomic E-state index is 5.29. The minimum absolute atomic E-state index is 0.0990. The summed E-state index contributed by atoms with van der Waals surface area (Å²) >= 11 is 3.30. The van der Waals surface area contributed by atoms with Gasteiger partial charge < -0.3 is 5.32 Å². The third-order valence-electron chi connectivity index (χ3n) is 1.50. The van der Waals surface area contributed by atoms with Gasteiger partial charge in [-0.25, -0.2) is 0 Å². The Morgan fingerprint density at radius 1 is 1.67 bits per heavy atom. The molecule has 2 nitrogen and oxygen atoms in total. The fraction of sp³-hybridized carbons (Fsp3) is 0.222. The zero-order chi connectivity index (χ0) is 8.97. The molecule has 0 saturated heterocycles. The fourth-order valence-electron chi connectivity index (χ4n) is 0.875. The maximum absolute atomic E-state index is 5.29. The number of halogens is 1. The van der Waals surface area contributed by atoms with E-state index < -0.39 is 0 Å². The quantitative estimate of drug-likeness (QED) is 0.775. The largest absolute Gasteiger partial charge is 0.302 e. The van der Waals surface area contributed by atoms with Gasteiger partial charge in [-0.2, -0.15) is 0 Å². The predicted molar refractivity (Wildman–Crippen MR) is 52.6 cm³/mol. The van der Waals surface area contributed by atoms with Gasteiger partial charge >= 0.3 is 0 Å². The Bertz CT molecular complexity index is 286. The Hall–Kier alpha value is -0.850. The van der Waals surface area contributed by atoms with Crippen molar-refractivity contribution in [1.82, 2.24) is 10.3 Å². The van der Waals surface area contributed by atoms with Crippen LogP contribution in [0.3, 0.4) is 0 Å². The number of hydrogen-bond donors (Lipinski definition) is 1. The van der Waals surface area contributed by atoms with Crippen molar-refractivity contribution in [2.24, 2.45) is 0 Å². The van der Waals surface area contributed by atoms with Gasteiger partial charge in [0.2, 0.25) is 0 Å². The molecule has 1 aromatic heterocycles. The Kier molecular flexibility index (Phi) is 3.27. The van der Waals surface area contributed by atoms with Gasteiger partial charge in [0.15, 0.2) is 0 Å². The molecule has 1 N–H and O–H groups in total. The number of terminal acetylenes is 1. The van der Waals surface area contributed by atoms with Crippen LogP contribution >= 0.6 is 15.9 Å². The van der Waals surface area contributed by atoms with Gasteiger partial charge in [-0.1, -0.05) is 5.92 Å². The summed E-state index contributed by atoms with van der Waals surface area (Å²) in [5.41, 5.74) is 0.864. The molecule has 62 valence electrons. The molecule has 0 saturated carbocycles. The summed E-state index contributed by atoms with van der Waals surface area (Å²) < 4.78 is 0.957. The molecule has 0 aliphatic carbocycles. The maximum Gasteiger partial charge on any atom is 0.111 e. The smallest absolute Gasteiger partial charge is 0.111 e. The second kappa shape index (κ2) is 4.24. The molecule has 0 fully saturated rings. The van der Waals surface area contributed by atoms with E-state index in [1.807, 2.05) is 19.2 Å². The lowest BCUT2D eigenvalue weighted by atomic mass is 10.2. The molecule has 1 unspecified atom stereocenters. The van der Waals surface area contributed by atoms with Crippen molar-refractivity contribution in [3.63, 3.8) is 0 Å². The van der Waals surface area contributed by atoms with Gasteiger partial charge in [0.25, 0.3) is 0 Å². The van der Waals surface area contributed by atoms with E-state index in [1.54, 1.807) is 6.20 Å². The lowest BCUT2D eigenvalue weighted by Gasteiger charge is -2.07. The lowest BCUT2D eigenvalue weighted by Crippen LogP contribution is -2.15. The van der Waals surface area contributed by atoms with E-state index >= 15 is 0 Å². The van der Waals surface area contributed by atoms with Crippen LogP contribution in [0.15, 0.2) is 22.8 Å². The van der Waals surface area contributed by atoms with Crippen molar-refractivity contribution in [2.75, 3.05) is 7.05 Å². The van der Waals surface area contributed by atoms with Crippen LogP contribution in [0.5, 0.6) is 0 Å². The standard InChI is InChI=1S/C9H9BrN2/c1-3-8(11-2)9-5-4-7(10)6-12-9/h1,4-6,8,11H,2H3. The molecular weight excluding hydrogens is 216 g/mol. The molecule has 1 rings (SSSR count). The number of pyridine rings is 1. The lowest BCUT2D eigenvalue weighted by molar-refractivity contribution is 0.713. The average molecular weight is 225 g/mol. The average Bonchev–Trinajstić information content (AvgIpc) is 2.10. The van der Waals surface area contributed by atoms with Crippen molar-refractivity contribution >= 4 is 15.9 Å². The van der Waals surface area contributed by atoms with Crippen LogP contribution in [0, 0.1) is 12.3 Å². The van der Waals surface area contributed by atoms with Crippen LogP contribution < -0.4 is 5.32 Å². The normalized spacial score (nSPS) is 12.1. The van der Waals surface area contributed by atoms with E-state index in [-0.39, 0.29) is 6.04 Å². The van der Waals surface area contributed by atoms with Crippen molar-refractivity contribution < 1.29 is 0 Å². The van der Waals surface area contributed by atoms with E-state index in [1.165, 1.54) is 0 Å². The molecule has 0 aliphatic heterocycles. The summed E-state index contributed by atoms with van der Waals surface area (Å²) in [4.78, 5) is 4.17. The number of nitrogens with zero attached hydrogens (tertiary/aromatic N) is 1. The van der Waals surface area contributed by atoms with Crippen LogP contribution in [0.4, 0.5) is 0 Å². The molecule has 1 atom stereocenters. The van der Waals surface area contributed by atoms with Crippen LogP contribution in [-0.4, -0.2) is 12.0 Å². The topological polar surface area (TPSA) is 24.9 Å². The highest BCUT2D eigenvalue weighted by molar-refractivity contribution is 9.10. The molecular formula is C9H9BrN2. The minimum atomic E-state index is -0.0990. The highest BCUT2D eigenvalue weighted by Gasteiger charge is 2.04. The summed E-state index contributed by atoms with van der Waals surface area (Å²) in [6, 6.07) is 3.72. The zero-order valence-corrected chi connectivity index (χ0v) is 8.30. The van der Waals surface area contributed by atoms with Gasteiger partial charge in [-0.05, 0) is 35.1 Å². The summed E-state index contributed by atoms with van der Waals surface area (Å²) in [5, 5.41) is 2.97. The van der Waals surface area contributed by atoms with Crippen LogP contribution in [-0.2, 0) is 0 Å². The van der Waals surface area contributed by atoms with Crippen LogP contribution in [0.2, 0.25) is 0 Å². The van der Waals surface area contributed by atoms with E-state index in [0.717, 1.165) is 10.2 Å². The van der Waals surface area contributed by atoms with E-state index in [4.69, 9.17) is 6.42 Å². The summed E-state index contributed by atoms with van der Waals surface area (Å²) in [7, 11) is 1.81. The first-order valence-corrected chi connectivity index (χ1v) is 4.32. The number of nitrogens with one attached hydrogen (secondary N) is 1. The first-order valence-electron chi connectivity index (χ1n) is 3.52. The van der Waals surface area contributed by atoms with Crippen molar-refractivity contribution in [3.05, 3.63) is 28.5 Å². The number of aromatic nitrogens is 1. The first kappa shape index (κ1) is 9.24. The molecule has 0 amide bonds. The Morgan fingerprint density at radius 3 is 2.83 bits per heavy atom. The summed E-state index contributed by atoms with van der Waals surface area (Å²) in [6.45, 7) is 0. The Balaban J connectivity index is 2.89. The molecule has 0 aromatic carbocycles. The molecule has 0 spiro atoms. The van der Waals surface area contributed by atoms with Gasteiger partial charge in [0.1, 0.15) is 6.04 Å². The molecule has 1 aromatic rings. The molecule has 3 heteroatoms. The minimum Gasteiger partial charge on any atom is -0.302 e. The van der Waals surface area contributed by atoms with Crippen LogP contribution in [0.1, 0.15) is 11.7 Å². The van der Waals surface area contributed by atoms with E-state index in [0.29, 0.717) is 0 Å². The SMILES string of the molecule is C#CC(NC)c1ccc(Br)cn1. The monoisotopic (exact) mass is 224 g/mol.